The molecule has 2 heterocycles. The second kappa shape index (κ2) is 3.67. The molecule has 0 aliphatic carbocycles. The van der Waals surface area contributed by atoms with Gasteiger partial charge in [0.15, 0.2) is 0 Å². The van der Waals surface area contributed by atoms with E-state index >= 15 is 0 Å². The molecule has 1 aromatic rings. The summed E-state index contributed by atoms with van der Waals surface area (Å²) < 4.78 is 1.85. The molecule has 2 rings (SSSR count). The van der Waals surface area contributed by atoms with Gasteiger partial charge >= 0.3 is 0 Å². The van der Waals surface area contributed by atoms with Crippen LogP contribution in [-0.4, -0.2) is 38.6 Å². The number of aryl methyl sites for hydroxylation is 1. The minimum absolute atomic E-state index is 0.580. The van der Waals surface area contributed by atoms with E-state index in [0.717, 1.165) is 25.2 Å². The predicted molar refractivity (Wildman–Crippen MR) is 51.8 cm³/mol. The number of hydrogen-bond acceptors (Lipinski definition) is 4. The smallest absolute Gasteiger partial charge is 0.135 e. The molecule has 78 valence electrons. The van der Waals surface area contributed by atoms with E-state index in [1.165, 1.54) is 0 Å². The molecule has 0 bridgehead atoms. The van der Waals surface area contributed by atoms with Crippen molar-refractivity contribution >= 4 is 0 Å². The van der Waals surface area contributed by atoms with Crippen LogP contribution in [0.3, 0.4) is 0 Å². The highest BCUT2D eigenvalue weighted by Gasteiger charge is 2.30. The Hall–Kier alpha value is -0.940. The highest BCUT2D eigenvalue weighted by atomic mass is 16.3. The molecule has 1 unspecified atom stereocenters. The van der Waals surface area contributed by atoms with Gasteiger partial charge < -0.3 is 15.0 Å². The number of hydrogen-bond donors (Lipinski definition) is 2. The summed E-state index contributed by atoms with van der Waals surface area (Å²) in [6.45, 7) is 1.65. The number of nitrogens with one attached hydrogen (secondary N) is 1. The average Bonchev–Trinajstić information content (AvgIpc) is 2.52. The molecule has 1 aliphatic rings. The molecule has 5 heteroatoms. The van der Waals surface area contributed by atoms with Gasteiger partial charge in [0.25, 0.3) is 0 Å². The van der Waals surface area contributed by atoms with Crippen LogP contribution in [0.4, 0.5) is 0 Å². The van der Waals surface area contributed by atoms with Crippen molar-refractivity contribution < 1.29 is 5.11 Å². The fraction of sp³-hybridized carbons (Fsp3) is 0.778. The van der Waals surface area contributed by atoms with Crippen molar-refractivity contribution in [2.45, 2.75) is 24.9 Å². The van der Waals surface area contributed by atoms with Crippen molar-refractivity contribution in [1.82, 2.24) is 20.1 Å². The van der Waals surface area contributed by atoms with Gasteiger partial charge in [-0.15, -0.1) is 10.2 Å². The Morgan fingerprint density at radius 1 is 1.71 bits per heavy atom. The normalized spacial score (nSPS) is 27.9. The second-order valence-electron chi connectivity index (χ2n) is 4.04. The summed E-state index contributed by atoms with van der Waals surface area (Å²) in [7, 11) is 1.90. The van der Waals surface area contributed by atoms with Crippen molar-refractivity contribution in [2.75, 3.05) is 13.1 Å². The van der Waals surface area contributed by atoms with Crippen LogP contribution in [0.1, 0.15) is 18.7 Å². The Bertz CT molecular complexity index is 304. The third kappa shape index (κ3) is 1.93. The number of β-amino-alcohol motifs (C(OH)–C–C–N with tert-alkyl or cyclic N) is 1. The number of piperidine rings is 1. The number of nitrogens with zero attached hydrogens (tertiary/aromatic N) is 3. The average molecular weight is 196 g/mol. The minimum atomic E-state index is -0.640. The van der Waals surface area contributed by atoms with E-state index in [1.807, 2.05) is 11.6 Å². The first kappa shape index (κ1) is 9.61. The van der Waals surface area contributed by atoms with E-state index in [2.05, 4.69) is 15.5 Å². The van der Waals surface area contributed by atoms with Crippen molar-refractivity contribution in [3.8, 4) is 0 Å². The summed E-state index contributed by atoms with van der Waals surface area (Å²) >= 11 is 0. The number of aliphatic hydroxyl groups is 1. The Balaban J connectivity index is 2.05. The lowest BCUT2D eigenvalue weighted by molar-refractivity contribution is 0.0145. The molecular formula is C9H16N4O. The van der Waals surface area contributed by atoms with Gasteiger partial charge in [-0.05, 0) is 19.4 Å². The predicted octanol–water partition coefficient (Wildman–Crippen LogP) is -0.528. The van der Waals surface area contributed by atoms with Gasteiger partial charge in [0.05, 0.1) is 5.60 Å². The third-order valence-electron chi connectivity index (χ3n) is 2.74. The van der Waals surface area contributed by atoms with Crippen LogP contribution in [0.2, 0.25) is 0 Å². The van der Waals surface area contributed by atoms with Gasteiger partial charge in [0.2, 0.25) is 0 Å². The topological polar surface area (TPSA) is 63.0 Å². The van der Waals surface area contributed by atoms with Crippen LogP contribution in [-0.2, 0) is 13.5 Å². The van der Waals surface area contributed by atoms with E-state index in [1.54, 1.807) is 6.33 Å². The van der Waals surface area contributed by atoms with Crippen LogP contribution < -0.4 is 5.32 Å². The van der Waals surface area contributed by atoms with Gasteiger partial charge in [-0.25, -0.2) is 0 Å². The van der Waals surface area contributed by atoms with Crippen LogP contribution in [0, 0.1) is 0 Å². The van der Waals surface area contributed by atoms with Crippen LogP contribution in [0.15, 0.2) is 6.33 Å². The quantitative estimate of drug-likeness (QED) is 0.667. The maximum absolute atomic E-state index is 10.2. The molecule has 1 aromatic heterocycles. The van der Waals surface area contributed by atoms with Crippen molar-refractivity contribution in [3.63, 3.8) is 0 Å². The van der Waals surface area contributed by atoms with E-state index in [0.29, 0.717) is 13.0 Å². The first-order valence-electron chi connectivity index (χ1n) is 4.96. The standard InChI is InChI=1S/C9H16N4O/c1-13-7-11-12-8(13)5-9(14)3-2-4-10-6-9/h7,10,14H,2-6H2,1H3. The first-order valence-corrected chi connectivity index (χ1v) is 4.96. The molecule has 0 saturated carbocycles. The maximum atomic E-state index is 10.2. The fourth-order valence-electron chi connectivity index (χ4n) is 1.86. The molecule has 0 aromatic carbocycles. The van der Waals surface area contributed by atoms with Gasteiger partial charge in [0, 0.05) is 20.0 Å². The van der Waals surface area contributed by atoms with Gasteiger partial charge in [0.1, 0.15) is 12.2 Å². The Morgan fingerprint density at radius 3 is 3.14 bits per heavy atom. The highest BCUT2D eigenvalue weighted by molar-refractivity contribution is 4.97. The lowest BCUT2D eigenvalue weighted by atomic mass is 9.90. The van der Waals surface area contributed by atoms with Crippen LogP contribution >= 0.6 is 0 Å². The first-order chi connectivity index (χ1) is 6.70. The molecule has 1 fully saturated rings. The number of aromatic nitrogens is 3. The second-order valence-corrected chi connectivity index (χ2v) is 4.04. The molecule has 0 radical (unpaired) electrons. The summed E-state index contributed by atoms with van der Waals surface area (Å²) in [6.07, 6.45) is 4.10. The third-order valence-corrected chi connectivity index (χ3v) is 2.74. The van der Waals surface area contributed by atoms with Gasteiger partial charge in [-0.3, -0.25) is 0 Å². The largest absolute Gasteiger partial charge is 0.388 e. The molecule has 1 aliphatic heterocycles. The van der Waals surface area contributed by atoms with E-state index in [9.17, 15) is 5.11 Å². The number of rotatable bonds is 2. The summed E-state index contributed by atoms with van der Waals surface area (Å²) in [5.74, 6) is 0.844. The Morgan fingerprint density at radius 2 is 2.57 bits per heavy atom. The zero-order valence-electron chi connectivity index (χ0n) is 8.40. The summed E-state index contributed by atoms with van der Waals surface area (Å²) in [5, 5.41) is 21.2. The zero-order valence-corrected chi connectivity index (χ0v) is 8.40. The molecule has 0 amide bonds. The van der Waals surface area contributed by atoms with Crippen LogP contribution in [0.25, 0.3) is 0 Å². The SMILES string of the molecule is Cn1cnnc1CC1(O)CCCNC1. The van der Waals surface area contributed by atoms with Gasteiger partial charge in [-0.2, -0.15) is 0 Å². The van der Waals surface area contributed by atoms with Crippen LogP contribution in [0.5, 0.6) is 0 Å². The van der Waals surface area contributed by atoms with Crippen molar-refractivity contribution in [1.29, 1.82) is 0 Å². The minimum Gasteiger partial charge on any atom is -0.388 e. The molecule has 1 saturated heterocycles. The molecule has 5 nitrogen and oxygen atoms in total. The Labute approximate surface area is 83.2 Å². The Kier molecular flexibility index (Phi) is 2.52. The van der Waals surface area contributed by atoms with Gasteiger partial charge in [-0.1, -0.05) is 0 Å². The van der Waals surface area contributed by atoms with E-state index in [-0.39, 0.29) is 0 Å². The summed E-state index contributed by atoms with van der Waals surface area (Å²) in [6, 6.07) is 0. The zero-order chi connectivity index (χ0) is 10.0. The summed E-state index contributed by atoms with van der Waals surface area (Å²) in [4.78, 5) is 0. The maximum Gasteiger partial charge on any atom is 0.135 e. The molecule has 2 N–H and O–H groups in total. The molecule has 14 heavy (non-hydrogen) atoms. The van der Waals surface area contributed by atoms with Crippen molar-refractivity contribution in [3.05, 3.63) is 12.2 Å². The fourth-order valence-corrected chi connectivity index (χ4v) is 1.86. The monoisotopic (exact) mass is 196 g/mol. The lowest BCUT2D eigenvalue weighted by Crippen LogP contribution is -2.47. The lowest BCUT2D eigenvalue weighted by Gasteiger charge is -2.32. The molecule has 0 spiro atoms. The van der Waals surface area contributed by atoms with E-state index < -0.39 is 5.60 Å². The highest BCUT2D eigenvalue weighted by Crippen LogP contribution is 2.19. The van der Waals surface area contributed by atoms with E-state index in [4.69, 9.17) is 0 Å². The summed E-state index contributed by atoms with van der Waals surface area (Å²) in [5.41, 5.74) is -0.640. The molecule has 1 atom stereocenters. The van der Waals surface area contributed by atoms with Crippen molar-refractivity contribution in [2.24, 2.45) is 7.05 Å². The molecular weight excluding hydrogens is 180 g/mol.